The lowest BCUT2D eigenvalue weighted by Crippen LogP contribution is -2.29. The minimum Gasteiger partial charge on any atom is -0.396 e. The lowest BCUT2D eigenvalue weighted by Gasteiger charge is -2.25. The number of rotatable bonds is 3. The maximum absolute atomic E-state index is 9.37. The van der Waals surface area contributed by atoms with Gasteiger partial charge in [-0.1, -0.05) is 19.8 Å². The number of aliphatic hydroxyl groups is 1. The molecule has 2 fully saturated rings. The van der Waals surface area contributed by atoms with E-state index in [1.165, 1.54) is 25.7 Å². The Labute approximate surface area is 80.5 Å². The Bertz CT molecular complexity index is 194. The fraction of sp³-hybridized carbons (Fsp3) is 1.00. The third-order valence-corrected chi connectivity index (χ3v) is 4.74. The first-order valence-corrected chi connectivity index (χ1v) is 5.49. The summed E-state index contributed by atoms with van der Waals surface area (Å²) >= 11 is 0. The van der Waals surface area contributed by atoms with Crippen molar-refractivity contribution in [3.63, 3.8) is 0 Å². The molecule has 0 aromatic rings. The van der Waals surface area contributed by atoms with Gasteiger partial charge in [-0.15, -0.1) is 0 Å². The summed E-state index contributed by atoms with van der Waals surface area (Å²) in [7, 11) is 0. The molecule has 13 heavy (non-hydrogen) atoms. The molecule has 2 unspecified atom stereocenters. The van der Waals surface area contributed by atoms with E-state index in [9.17, 15) is 5.11 Å². The van der Waals surface area contributed by atoms with E-state index in [-0.39, 0.29) is 12.0 Å². The van der Waals surface area contributed by atoms with Crippen LogP contribution in [-0.2, 0) is 0 Å². The van der Waals surface area contributed by atoms with Crippen molar-refractivity contribution in [3.05, 3.63) is 0 Å². The molecule has 2 heteroatoms. The van der Waals surface area contributed by atoms with Gasteiger partial charge in [0.2, 0.25) is 0 Å². The van der Waals surface area contributed by atoms with Gasteiger partial charge in [-0.3, -0.25) is 0 Å². The largest absolute Gasteiger partial charge is 0.396 e. The van der Waals surface area contributed by atoms with E-state index >= 15 is 0 Å². The fourth-order valence-electron chi connectivity index (χ4n) is 3.41. The third-order valence-electron chi connectivity index (χ3n) is 4.74. The van der Waals surface area contributed by atoms with Gasteiger partial charge >= 0.3 is 0 Å². The summed E-state index contributed by atoms with van der Waals surface area (Å²) in [6, 6.07) is 0. The Kier molecular flexibility index (Phi) is 2.16. The summed E-state index contributed by atoms with van der Waals surface area (Å²) in [4.78, 5) is 0. The van der Waals surface area contributed by atoms with Crippen LogP contribution in [0.15, 0.2) is 0 Å². The van der Waals surface area contributed by atoms with E-state index in [0.29, 0.717) is 12.0 Å². The number of aliphatic hydroxyl groups excluding tert-OH is 1. The SMILES string of the molecule is CC1(C2CCCC2)CC1(CN)CO. The predicted octanol–water partition coefficient (Wildman–Crippen LogP) is 1.52. The average Bonchev–Trinajstić information content (AvgIpc) is 2.58. The first-order valence-electron chi connectivity index (χ1n) is 5.49. The van der Waals surface area contributed by atoms with Gasteiger partial charge < -0.3 is 10.8 Å². The normalized spacial score (nSPS) is 45.5. The molecule has 2 atom stereocenters. The molecule has 0 amide bonds. The Morgan fingerprint density at radius 1 is 1.38 bits per heavy atom. The summed E-state index contributed by atoms with van der Waals surface area (Å²) in [6.07, 6.45) is 6.63. The zero-order valence-electron chi connectivity index (χ0n) is 8.55. The van der Waals surface area contributed by atoms with Crippen molar-refractivity contribution in [2.24, 2.45) is 22.5 Å². The molecule has 2 aliphatic carbocycles. The van der Waals surface area contributed by atoms with Gasteiger partial charge in [0.05, 0.1) is 6.61 Å². The molecule has 0 spiro atoms. The molecule has 2 aliphatic rings. The van der Waals surface area contributed by atoms with Crippen molar-refractivity contribution in [1.29, 1.82) is 0 Å². The average molecular weight is 183 g/mol. The standard InChI is InChI=1S/C11H21NO/c1-10(9-4-2-3-5-9)6-11(10,7-12)8-13/h9,13H,2-8,12H2,1H3. The highest BCUT2D eigenvalue weighted by Crippen LogP contribution is 2.69. The Balaban J connectivity index is 2.07. The van der Waals surface area contributed by atoms with Crippen molar-refractivity contribution in [2.75, 3.05) is 13.2 Å². The molecule has 0 radical (unpaired) electrons. The molecule has 2 nitrogen and oxygen atoms in total. The number of nitrogens with two attached hydrogens (primary N) is 1. The van der Waals surface area contributed by atoms with Crippen LogP contribution in [0.2, 0.25) is 0 Å². The summed E-state index contributed by atoms with van der Waals surface area (Å²) < 4.78 is 0. The molecule has 76 valence electrons. The molecule has 0 bridgehead atoms. The Hall–Kier alpha value is -0.0800. The summed E-state index contributed by atoms with van der Waals surface area (Å²) in [5.41, 5.74) is 6.22. The second-order valence-electron chi connectivity index (χ2n) is 5.22. The molecule has 0 saturated heterocycles. The first-order chi connectivity index (χ1) is 6.18. The van der Waals surface area contributed by atoms with Crippen LogP contribution >= 0.6 is 0 Å². The minimum atomic E-state index is 0.0853. The highest BCUT2D eigenvalue weighted by Gasteiger charge is 2.65. The van der Waals surface area contributed by atoms with Crippen LogP contribution in [-0.4, -0.2) is 18.3 Å². The first kappa shape index (κ1) is 9.47. The zero-order chi connectivity index (χ0) is 9.53. The molecule has 0 aromatic heterocycles. The third kappa shape index (κ3) is 1.15. The van der Waals surface area contributed by atoms with Gasteiger partial charge in [0, 0.05) is 12.0 Å². The van der Waals surface area contributed by atoms with Crippen LogP contribution in [0.25, 0.3) is 0 Å². The van der Waals surface area contributed by atoms with Crippen LogP contribution in [0.1, 0.15) is 39.0 Å². The van der Waals surface area contributed by atoms with Gasteiger partial charge in [-0.05, 0) is 30.6 Å². The molecule has 2 saturated carbocycles. The minimum absolute atomic E-state index is 0.0853. The molecule has 2 rings (SSSR count). The molecule has 0 heterocycles. The van der Waals surface area contributed by atoms with E-state index in [1.807, 2.05) is 0 Å². The van der Waals surface area contributed by atoms with Crippen molar-refractivity contribution in [3.8, 4) is 0 Å². The van der Waals surface area contributed by atoms with Crippen LogP contribution in [0, 0.1) is 16.7 Å². The smallest absolute Gasteiger partial charge is 0.0505 e. The second-order valence-corrected chi connectivity index (χ2v) is 5.22. The zero-order valence-corrected chi connectivity index (χ0v) is 8.55. The molecule has 0 aliphatic heterocycles. The predicted molar refractivity (Wildman–Crippen MR) is 53.3 cm³/mol. The molecule has 3 N–H and O–H groups in total. The number of hydrogen-bond donors (Lipinski definition) is 2. The monoisotopic (exact) mass is 183 g/mol. The highest BCUT2D eigenvalue weighted by atomic mass is 16.3. The van der Waals surface area contributed by atoms with Gasteiger partial charge in [0.25, 0.3) is 0 Å². The van der Waals surface area contributed by atoms with E-state index in [2.05, 4.69) is 6.92 Å². The lowest BCUT2D eigenvalue weighted by molar-refractivity contribution is 0.151. The van der Waals surface area contributed by atoms with Crippen molar-refractivity contribution in [2.45, 2.75) is 39.0 Å². The van der Waals surface area contributed by atoms with E-state index in [0.717, 1.165) is 12.3 Å². The fourth-order valence-corrected chi connectivity index (χ4v) is 3.41. The van der Waals surface area contributed by atoms with Gasteiger partial charge in [0.1, 0.15) is 0 Å². The maximum Gasteiger partial charge on any atom is 0.0505 e. The second kappa shape index (κ2) is 2.96. The lowest BCUT2D eigenvalue weighted by atomic mass is 9.82. The van der Waals surface area contributed by atoms with E-state index < -0.39 is 0 Å². The molecular weight excluding hydrogens is 162 g/mol. The number of hydrogen-bond acceptors (Lipinski definition) is 2. The van der Waals surface area contributed by atoms with Crippen LogP contribution in [0.4, 0.5) is 0 Å². The van der Waals surface area contributed by atoms with E-state index in [1.54, 1.807) is 0 Å². The van der Waals surface area contributed by atoms with E-state index in [4.69, 9.17) is 5.73 Å². The summed E-state index contributed by atoms with van der Waals surface area (Å²) in [5, 5.41) is 9.37. The quantitative estimate of drug-likeness (QED) is 0.697. The topological polar surface area (TPSA) is 46.2 Å². The molecular formula is C11H21NO. The van der Waals surface area contributed by atoms with Gasteiger partial charge in [-0.25, -0.2) is 0 Å². The summed E-state index contributed by atoms with van der Waals surface area (Å²) in [5.74, 6) is 0.836. The Morgan fingerprint density at radius 3 is 2.38 bits per heavy atom. The Morgan fingerprint density at radius 2 is 2.00 bits per heavy atom. The van der Waals surface area contributed by atoms with Crippen LogP contribution < -0.4 is 5.73 Å². The van der Waals surface area contributed by atoms with Crippen LogP contribution in [0.3, 0.4) is 0 Å². The molecule has 0 aromatic carbocycles. The maximum atomic E-state index is 9.37. The summed E-state index contributed by atoms with van der Waals surface area (Å²) in [6.45, 7) is 3.28. The van der Waals surface area contributed by atoms with Crippen molar-refractivity contribution >= 4 is 0 Å². The van der Waals surface area contributed by atoms with Crippen molar-refractivity contribution < 1.29 is 5.11 Å². The van der Waals surface area contributed by atoms with Crippen molar-refractivity contribution in [1.82, 2.24) is 0 Å². The van der Waals surface area contributed by atoms with Gasteiger partial charge in [0.15, 0.2) is 0 Å². The van der Waals surface area contributed by atoms with Crippen LogP contribution in [0.5, 0.6) is 0 Å². The van der Waals surface area contributed by atoms with Gasteiger partial charge in [-0.2, -0.15) is 0 Å². The highest BCUT2D eigenvalue weighted by molar-refractivity contribution is 5.15.